The van der Waals surface area contributed by atoms with Crippen LogP contribution < -0.4 is 16.0 Å². The highest BCUT2D eigenvalue weighted by Crippen LogP contribution is 2.25. The summed E-state index contributed by atoms with van der Waals surface area (Å²) in [6.07, 6.45) is 4.19. The number of nitrogens with zero attached hydrogens (tertiary/aromatic N) is 4. The highest BCUT2D eigenvalue weighted by molar-refractivity contribution is 5.56. The average Bonchev–Trinajstić information content (AvgIpc) is 3.14. The molecule has 0 radical (unpaired) electrons. The minimum absolute atomic E-state index is 0.107. The number of rotatable bonds is 6. The quantitative estimate of drug-likeness (QED) is 0.607. The zero-order chi connectivity index (χ0) is 19.5. The molecule has 0 saturated carbocycles. The van der Waals surface area contributed by atoms with Gasteiger partial charge in [0.2, 0.25) is 11.9 Å². The monoisotopic (exact) mass is 379 g/mol. The maximum absolute atomic E-state index is 4.80. The van der Waals surface area contributed by atoms with E-state index in [1.807, 2.05) is 16.8 Å². The number of hydrogen-bond donors (Lipinski definition) is 3. The maximum Gasteiger partial charge on any atom is 0.229 e. The number of benzene rings is 1. The first-order chi connectivity index (χ1) is 13.6. The van der Waals surface area contributed by atoms with Crippen LogP contribution in [0.2, 0.25) is 0 Å². The van der Waals surface area contributed by atoms with Gasteiger partial charge in [-0.05, 0) is 37.8 Å². The molecule has 0 bridgehead atoms. The summed E-state index contributed by atoms with van der Waals surface area (Å²) >= 11 is 0. The number of anilines is 2. The van der Waals surface area contributed by atoms with Gasteiger partial charge < -0.3 is 16.0 Å². The van der Waals surface area contributed by atoms with Gasteiger partial charge in [-0.25, -0.2) is 0 Å². The van der Waals surface area contributed by atoms with Crippen LogP contribution in [0.25, 0.3) is 5.65 Å². The van der Waals surface area contributed by atoms with Crippen molar-refractivity contribution in [2.45, 2.75) is 51.6 Å². The van der Waals surface area contributed by atoms with Gasteiger partial charge in [-0.1, -0.05) is 44.2 Å². The molecule has 1 aliphatic rings. The summed E-state index contributed by atoms with van der Waals surface area (Å²) in [4.78, 5) is 9.57. The van der Waals surface area contributed by atoms with Gasteiger partial charge in [0, 0.05) is 18.2 Å². The standard InChI is InChI=1S/C21H29N7/c1-14(2)18-13-23-28-19(18)26-20(25-17-10-7-11-22-12-17)27-21(28)24-15(3)16-8-5-4-6-9-16/h4-6,8-9,13-15,17,22H,7,10-12H2,1-3H3,(H2,24,25,26,27)/t15-,17+/m0/s1. The van der Waals surface area contributed by atoms with Crippen molar-refractivity contribution >= 4 is 17.5 Å². The van der Waals surface area contributed by atoms with Crippen molar-refractivity contribution in [3.8, 4) is 0 Å². The number of piperidine rings is 1. The van der Waals surface area contributed by atoms with Gasteiger partial charge >= 0.3 is 0 Å². The third-order valence-corrected chi connectivity index (χ3v) is 5.29. The second kappa shape index (κ2) is 8.14. The highest BCUT2D eigenvalue weighted by Gasteiger charge is 2.19. The first-order valence-electron chi connectivity index (χ1n) is 10.2. The molecule has 3 aromatic rings. The van der Waals surface area contributed by atoms with E-state index in [4.69, 9.17) is 9.97 Å². The van der Waals surface area contributed by atoms with E-state index in [1.54, 1.807) is 0 Å². The van der Waals surface area contributed by atoms with Crippen molar-refractivity contribution in [1.29, 1.82) is 0 Å². The molecule has 0 aliphatic carbocycles. The number of hydrogen-bond acceptors (Lipinski definition) is 6. The minimum atomic E-state index is 0.107. The lowest BCUT2D eigenvalue weighted by molar-refractivity contribution is 0.478. The van der Waals surface area contributed by atoms with Gasteiger partial charge in [-0.3, -0.25) is 0 Å². The molecule has 1 aromatic carbocycles. The van der Waals surface area contributed by atoms with Crippen molar-refractivity contribution in [3.05, 3.63) is 47.7 Å². The zero-order valence-electron chi connectivity index (χ0n) is 16.8. The van der Waals surface area contributed by atoms with Gasteiger partial charge in [0.05, 0.1) is 12.2 Å². The topological polar surface area (TPSA) is 79.2 Å². The van der Waals surface area contributed by atoms with Crippen LogP contribution in [0.5, 0.6) is 0 Å². The van der Waals surface area contributed by atoms with E-state index < -0.39 is 0 Å². The molecule has 7 heteroatoms. The lowest BCUT2D eigenvalue weighted by Crippen LogP contribution is -2.39. The molecule has 0 amide bonds. The van der Waals surface area contributed by atoms with E-state index in [9.17, 15) is 0 Å². The summed E-state index contributed by atoms with van der Waals surface area (Å²) in [6.45, 7) is 8.48. The van der Waals surface area contributed by atoms with Crippen LogP contribution in [0.4, 0.5) is 11.9 Å². The van der Waals surface area contributed by atoms with E-state index in [1.165, 1.54) is 12.0 Å². The second-order valence-electron chi connectivity index (χ2n) is 7.83. The molecule has 2 aromatic heterocycles. The molecule has 1 aliphatic heterocycles. The van der Waals surface area contributed by atoms with Crippen molar-refractivity contribution < 1.29 is 0 Å². The van der Waals surface area contributed by atoms with Crippen LogP contribution in [0.1, 0.15) is 56.7 Å². The Balaban J connectivity index is 1.68. The van der Waals surface area contributed by atoms with Gasteiger partial charge in [0.15, 0.2) is 5.65 Å². The van der Waals surface area contributed by atoms with Crippen LogP contribution in [-0.4, -0.2) is 38.7 Å². The third-order valence-electron chi connectivity index (χ3n) is 5.29. The SMILES string of the molecule is CC(C)c1cnn2c(N[C@@H](C)c3ccccc3)nc(N[C@@H]3CCCNC3)nc12. The molecule has 1 fully saturated rings. The third kappa shape index (κ3) is 3.94. The molecule has 3 N–H and O–H groups in total. The Morgan fingerprint density at radius 2 is 1.96 bits per heavy atom. The molecular formula is C21H29N7. The lowest BCUT2D eigenvalue weighted by atomic mass is 10.1. The summed E-state index contributed by atoms with van der Waals surface area (Å²) in [7, 11) is 0. The molecule has 0 unspecified atom stereocenters. The Morgan fingerprint density at radius 3 is 2.68 bits per heavy atom. The van der Waals surface area contributed by atoms with Crippen molar-refractivity contribution in [2.75, 3.05) is 23.7 Å². The molecule has 2 atom stereocenters. The summed E-state index contributed by atoms with van der Waals surface area (Å²) < 4.78 is 1.82. The molecular weight excluding hydrogens is 350 g/mol. The maximum atomic E-state index is 4.80. The Bertz CT molecular complexity index is 913. The van der Waals surface area contributed by atoms with Gasteiger partial charge in [0.25, 0.3) is 0 Å². The van der Waals surface area contributed by atoms with Crippen LogP contribution in [-0.2, 0) is 0 Å². The Morgan fingerprint density at radius 1 is 1.14 bits per heavy atom. The lowest BCUT2D eigenvalue weighted by Gasteiger charge is -2.24. The molecule has 7 nitrogen and oxygen atoms in total. The number of fused-ring (bicyclic) bond motifs is 1. The largest absolute Gasteiger partial charge is 0.350 e. The zero-order valence-corrected chi connectivity index (χ0v) is 16.8. The molecule has 0 spiro atoms. The highest BCUT2D eigenvalue weighted by atomic mass is 15.4. The van der Waals surface area contributed by atoms with E-state index in [0.29, 0.717) is 23.9 Å². The van der Waals surface area contributed by atoms with E-state index in [0.717, 1.165) is 30.7 Å². The smallest absolute Gasteiger partial charge is 0.229 e. The molecule has 1 saturated heterocycles. The fraction of sp³-hybridized carbons (Fsp3) is 0.476. The first kappa shape index (κ1) is 18.7. The van der Waals surface area contributed by atoms with Crippen LogP contribution >= 0.6 is 0 Å². The van der Waals surface area contributed by atoms with Gasteiger partial charge in [0.1, 0.15) is 0 Å². The predicted molar refractivity (Wildman–Crippen MR) is 113 cm³/mol. The molecule has 4 rings (SSSR count). The van der Waals surface area contributed by atoms with Crippen molar-refractivity contribution in [3.63, 3.8) is 0 Å². The van der Waals surface area contributed by atoms with Gasteiger partial charge in [-0.15, -0.1) is 0 Å². The van der Waals surface area contributed by atoms with Crippen LogP contribution in [0.3, 0.4) is 0 Å². The van der Waals surface area contributed by atoms with Crippen LogP contribution in [0.15, 0.2) is 36.5 Å². The summed E-state index contributed by atoms with van der Waals surface area (Å²) in [5, 5.41) is 15.0. The Labute approximate surface area is 166 Å². The average molecular weight is 380 g/mol. The van der Waals surface area contributed by atoms with E-state index in [-0.39, 0.29) is 6.04 Å². The fourth-order valence-corrected chi connectivity index (χ4v) is 3.64. The second-order valence-corrected chi connectivity index (χ2v) is 7.83. The predicted octanol–water partition coefficient (Wildman–Crippen LogP) is 3.58. The normalized spacial score (nSPS) is 18.4. The minimum Gasteiger partial charge on any atom is -0.350 e. The molecule has 148 valence electrons. The number of aromatic nitrogens is 4. The molecule has 3 heterocycles. The first-order valence-corrected chi connectivity index (χ1v) is 10.2. The van der Waals surface area contributed by atoms with Gasteiger partial charge in [-0.2, -0.15) is 19.6 Å². The summed E-state index contributed by atoms with van der Waals surface area (Å²) in [5.74, 6) is 1.71. The van der Waals surface area contributed by atoms with E-state index >= 15 is 0 Å². The Kier molecular flexibility index (Phi) is 5.43. The number of nitrogens with one attached hydrogen (secondary N) is 3. The fourth-order valence-electron chi connectivity index (χ4n) is 3.64. The summed E-state index contributed by atoms with van der Waals surface area (Å²) in [5.41, 5.74) is 3.19. The summed E-state index contributed by atoms with van der Waals surface area (Å²) in [6, 6.07) is 10.8. The van der Waals surface area contributed by atoms with Crippen molar-refractivity contribution in [1.82, 2.24) is 24.9 Å². The molecule has 28 heavy (non-hydrogen) atoms. The van der Waals surface area contributed by atoms with E-state index in [2.05, 4.69) is 66.1 Å². The van der Waals surface area contributed by atoms with Crippen molar-refractivity contribution in [2.24, 2.45) is 0 Å². The Hall–Kier alpha value is -2.67. The van der Waals surface area contributed by atoms with Crippen LogP contribution in [0, 0.1) is 0 Å².